The second kappa shape index (κ2) is 7.33. The first-order valence-corrected chi connectivity index (χ1v) is 7.98. The van der Waals surface area contributed by atoms with Crippen molar-refractivity contribution >= 4 is 28.6 Å². The summed E-state index contributed by atoms with van der Waals surface area (Å²) in [6.45, 7) is 2.98. The summed E-state index contributed by atoms with van der Waals surface area (Å²) in [5, 5.41) is 2.83. The molecule has 0 saturated carbocycles. The number of thioether (sulfide) groups is 1. The molecule has 0 radical (unpaired) electrons. The van der Waals surface area contributed by atoms with Crippen LogP contribution in [0.1, 0.15) is 25.3 Å². The van der Waals surface area contributed by atoms with Crippen LogP contribution in [-0.4, -0.2) is 34.9 Å². The minimum Gasteiger partial charge on any atom is -0.325 e. The number of nitrogens with zero attached hydrogens (tertiary/aromatic N) is 1. The highest BCUT2D eigenvalue weighted by molar-refractivity contribution is 8.13. The van der Waals surface area contributed by atoms with Crippen LogP contribution in [0.15, 0.2) is 24.3 Å². The largest absolute Gasteiger partial charge is 0.325 e. The van der Waals surface area contributed by atoms with Crippen LogP contribution in [0.2, 0.25) is 0 Å². The van der Waals surface area contributed by atoms with Crippen LogP contribution in [0.5, 0.6) is 0 Å². The molecule has 2 amide bonds. The topological polar surface area (TPSA) is 49.4 Å². The van der Waals surface area contributed by atoms with E-state index in [9.17, 15) is 9.59 Å². The van der Waals surface area contributed by atoms with Crippen LogP contribution in [-0.2, 0) is 11.2 Å². The molecule has 20 heavy (non-hydrogen) atoms. The summed E-state index contributed by atoms with van der Waals surface area (Å²) >= 11 is 1.27. The highest BCUT2D eigenvalue weighted by atomic mass is 32.2. The van der Waals surface area contributed by atoms with Gasteiger partial charge in [-0.05, 0) is 30.5 Å². The van der Waals surface area contributed by atoms with Gasteiger partial charge in [-0.1, -0.05) is 37.2 Å². The molecule has 0 bridgehead atoms. The summed E-state index contributed by atoms with van der Waals surface area (Å²) < 4.78 is 0. The third-order valence-corrected chi connectivity index (χ3v) is 4.13. The van der Waals surface area contributed by atoms with Crippen LogP contribution in [0.4, 0.5) is 10.5 Å². The molecule has 2 rings (SSSR count). The molecule has 1 N–H and O–H groups in total. The highest BCUT2D eigenvalue weighted by Crippen LogP contribution is 2.17. The molecule has 1 heterocycles. The van der Waals surface area contributed by atoms with Gasteiger partial charge in [-0.15, -0.1) is 0 Å². The maximum absolute atomic E-state index is 11.9. The molecule has 0 aliphatic carbocycles. The van der Waals surface area contributed by atoms with E-state index in [0.29, 0.717) is 6.54 Å². The Morgan fingerprint density at radius 3 is 2.70 bits per heavy atom. The maximum Gasteiger partial charge on any atom is 0.282 e. The van der Waals surface area contributed by atoms with Gasteiger partial charge in [0.25, 0.3) is 5.24 Å². The van der Waals surface area contributed by atoms with Crippen LogP contribution in [0.3, 0.4) is 0 Å². The number of anilines is 1. The molecule has 0 aromatic heterocycles. The van der Waals surface area contributed by atoms with Gasteiger partial charge in [0.05, 0.1) is 0 Å². The summed E-state index contributed by atoms with van der Waals surface area (Å²) in [5.41, 5.74) is 2.07. The molecule has 4 nitrogen and oxygen atoms in total. The summed E-state index contributed by atoms with van der Waals surface area (Å²) in [7, 11) is 0. The predicted molar refractivity (Wildman–Crippen MR) is 83.1 cm³/mol. The van der Waals surface area contributed by atoms with Gasteiger partial charge in [-0.25, -0.2) is 0 Å². The first-order valence-electron chi connectivity index (χ1n) is 6.99. The average molecular weight is 292 g/mol. The Hall–Kier alpha value is -1.49. The molecule has 1 saturated heterocycles. The Morgan fingerprint density at radius 1 is 1.35 bits per heavy atom. The van der Waals surface area contributed by atoms with Gasteiger partial charge in [-0.3, -0.25) is 9.59 Å². The van der Waals surface area contributed by atoms with Gasteiger partial charge in [-0.2, -0.15) is 0 Å². The Balaban J connectivity index is 1.83. The first-order chi connectivity index (χ1) is 9.69. The van der Waals surface area contributed by atoms with Crippen molar-refractivity contribution in [2.75, 3.05) is 24.2 Å². The van der Waals surface area contributed by atoms with Crippen LogP contribution in [0.25, 0.3) is 0 Å². The molecule has 5 heteroatoms. The summed E-state index contributed by atoms with van der Waals surface area (Å²) in [6.07, 6.45) is 3.44. The molecule has 0 atom stereocenters. The highest BCUT2D eigenvalue weighted by Gasteiger charge is 2.23. The maximum atomic E-state index is 11.9. The zero-order valence-electron chi connectivity index (χ0n) is 11.7. The Bertz CT molecular complexity index is 473. The fraction of sp³-hybridized carbons (Fsp3) is 0.467. The van der Waals surface area contributed by atoms with Crippen molar-refractivity contribution in [1.29, 1.82) is 0 Å². The quantitative estimate of drug-likeness (QED) is 0.876. The number of hydrogen-bond acceptors (Lipinski definition) is 3. The van der Waals surface area contributed by atoms with Crippen molar-refractivity contribution in [1.82, 2.24) is 4.90 Å². The Morgan fingerprint density at radius 2 is 2.10 bits per heavy atom. The molecule has 1 aliphatic heterocycles. The van der Waals surface area contributed by atoms with E-state index in [4.69, 9.17) is 0 Å². The smallest absolute Gasteiger partial charge is 0.282 e. The van der Waals surface area contributed by atoms with E-state index in [0.717, 1.165) is 17.9 Å². The van der Waals surface area contributed by atoms with Crippen LogP contribution in [0, 0.1) is 0 Å². The Labute approximate surface area is 123 Å². The number of carbonyl (C=O) groups excluding carboxylic acids is 2. The van der Waals surface area contributed by atoms with E-state index in [1.54, 1.807) is 4.90 Å². The van der Waals surface area contributed by atoms with Crippen molar-refractivity contribution in [3.05, 3.63) is 29.8 Å². The minimum atomic E-state index is -0.137. The summed E-state index contributed by atoms with van der Waals surface area (Å²) in [5.74, 6) is 0.639. The van der Waals surface area contributed by atoms with Crippen molar-refractivity contribution in [3.8, 4) is 0 Å². The molecule has 1 aromatic rings. The van der Waals surface area contributed by atoms with Crippen LogP contribution >= 0.6 is 11.8 Å². The number of unbranched alkanes of at least 4 members (excludes halogenated alkanes) is 1. The second-order valence-electron chi connectivity index (χ2n) is 4.88. The van der Waals surface area contributed by atoms with Gasteiger partial charge in [0.1, 0.15) is 6.54 Å². The number of aryl methyl sites for hydroxylation is 1. The number of carbonyl (C=O) groups is 2. The normalized spacial score (nSPS) is 14.7. The van der Waals surface area contributed by atoms with Crippen molar-refractivity contribution < 1.29 is 9.59 Å². The number of amides is 2. The van der Waals surface area contributed by atoms with Crippen molar-refractivity contribution in [2.24, 2.45) is 0 Å². The van der Waals surface area contributed by atoms with E-state index < -0.39 is 0 Å². The van der Waals surface area contributed by atoms with Gasteiger partial charge in [0.2, 0.25) is 5.91 Å². The lowest BCUT2D eigenvalue weighted by molar-refractivity contribution is -0.116. The number of benzene rings is 1. The molecular formula is C15H20N2O2S. The predicted octanol–water partition coefficient (Wildman–Crippen LogP) is 3.14. The summed E-state index contributed by atoms with van der Waals surface area (Å²) in [6, 6.07) is 7.93. The fourth-order valence-electron chi connectivity index (χ4n) is 2.08. The minimum absolute atomic E-state index is 0.00457. The van der Waals surface area contributed by atoms with E-state index in [1.165, 1.54) is 30.2 Å². The van der Waals surface area contributed by atoms with E-state index in [-0.39, 0.29) is 17.7 Å². The molecule has 1 fully saturated rings. The zero-order valence-corrected chi connectivity index (χ0v) is 12.5. The Kier molecular flexibility index (Phi) is 5.47. The van der Waals surface area contributed by atoms with Crippen molar-refractivity contribution in [3.63, 3.8) is 0 Å². The molecular weight excluding hydrogens is 272 g/mol. The first kappa shape index (κ1) is 14.9. The third-order valence-electron chi connectivity index (χ3n) is 3.24. The lowest BCUT2D eigenvalue weighted by Crippen LogP contribution is -2.33. The lowest BCUT2D eigenvalue weighted by atomic mass is 10.1. The molecule has 0 unspecified atom stereocenters. The fourth-order valence-corrected chi connectivity index (χ4v) is 2.90. The standard InChI is InChI=1S/C15H20N2O2S/c1-2-3-4-12-5-7-13(8-6-12)16-14(18)11-17-9-10-20-15(17)19/h5-8H,2-4,9-11H2,1H3,(H,16,18). The lowest BCUT2D eigenvalue weighted by Gasteiger charge is -2.14. The zero-order chi connectivity index (χ0) is 14.4. The number of nitrogens with one attached hydrogen (secondary N) is 1. The molecule has 1 aromatic carbocycles. The SMILES string of the molecule is CCCCc1ccc(NC(=O)CN2CCSC2=O)cc1. The monoisotopic (exact) mass is 292 g/mol. The van der Waals surface area contributed by atoms with Gasteiger partial charge >= 0.3 is 0 Å². The molecule has 1 aliphatic rings. The van der Waals surface area contributed by atoms with Crippen LogP contribution < -0.4 is 5.32 Å². The van der Waals surface area contributed by atoms with Gasteiger partial charge < -0.3 is 10.2 Å². The summed E-state index contributed by atoms with van der Waals surface area (Å²) in [4.78, 5) is 24.9. The van der Waals surface area contributed by atoms with E-state index in [1.807, 2.05) is 24.3 Å². The molecule has 0 spiro atoms. The average Bonchev–Trinajstić information content (AvgIpc) is 2.83. The molecule has 108 valence electrons. The van der Waals surface area contributed by atoms with Gasteiger partial charge in [0, 0.05) is 18.0 Å². The van der Waals surface area contributed by atoms with Crippen molar-refractivity contribution in [2.45, 2.75) is 26.2 Å². The second-order valence-corrected chi connectivity index (χ2v) is 5.93. The van der Waals surface area contributed by atoms with E-state index in [2.05, 4.69) is 12.2 Å². The van der Waals surface area contributed by atoms with Gasteiger partial charge in [0.15, 0.2) is 0 Å². The number of rotatable bonds is 6. The third kappa shape index (κ3) is 4.27. The number of hydrogen-bond donors (Lipinski definition) is 1. The van der Waals surface area contributed by atoms with E-state index >= 15 is 0 Å².